The van der Waals surface area contributed by atoms with Gasteiger partial charge in [-0.25, -0.2) is 4.39 Å². The molecule has 2 unspecified atom stereocenters. The molecule has 0 aliphatic carbocycles. The van der Waals surface area contributed by atoms with E-state index in [1.807, 2.05) is 31.3 Å². The summed E-state index contributed by atoms with van der Waals surface area (Å²) in [6.45, 7) is 2.98. The molecule has 2 amide bonds. The number of anilines is 1. The normalized spacial score (nSPS) is 19.5. The van der Waals surface area contributed by atoms with Gasteiger partial charge in [-0.15, -0.1) is 0 Å². The van der Waals surface area contributed by atoms with Gasteiger partial charge >= 0.3 is 0 Å². The smallest absolute Gasteiger partial charge is 0.253 e. The van der Waals surface area contributed by atoms with E-state index in [4.69, 9.17) is 0 Å². The number of hydrogen-bond acceptors (Lipinski definition) is 4. The number of hydrogen-bond donors (Lipinski definition) is 2. The predicted molar refractivity (Wildman–Crippen MR) is 127 cm³/mol. The van der Waals surface area contributed by atoms with Gasteiger partial charge in [-0.2, -0.15) is 0 Å². The van der Waals surface area contributed by atoms with Gasteiger partial charge in [0.05, 0.1) is 0 Å². The van der Waals surface area contributed by atoms with E-state index in [-0.39, 0.29) is 23.7 Å². The molecule has 0 bridgehead atoms. The van der Waals surface area contributed by atoms with Crippen molar-refractivity contribution in [3.63, 3.8) is 0 Å². The lowest BCUT2D eigenvalue weighted by Crippen LogP contribution is -2.31. The van der Waals surface area contributed by atoms with Crippen molar-refractivity contribution in [2.45, 2.75) is 57.5 Å². The van der Waals surface area contributed by atoms with Gasteiger partial charge in [-0.1, -0.05) is 25.0 Å². The van der Waals surface area contributed by atoms with Gasteiger partial charge in [0.1, 0.15) is 5.82 Å². The van der Waals surface area contributed by atoms with Crippen molar-refractivity contribution < 1.29 is 14.0 Å². The zero-order valence-electron chi connectivity index (χ0n) is 19.4. The van der Waals surface area contributed by atoms with Crippen LogP contribution in [0.15, 0.2) is 42.5 Å². The molecule has 0 aromatic heterocycles. The lowest BCUT2D eigenvalue weighted by molar-refractivity contribution is -0.116. The lowest BCUT2D eigenvalue weighted by atomic mass is 9.99. The topological polar surface area (TPSA) is 64.7 Å². The van der Waals surface area contributed by atoms with Crippen LogP contribution < -0.4 is 15.8 Å². The van der Waals surface area contributed by atoms with E-state index in [1.54, 1.807) is 28.9 Å². The molecule has 0 radical (unpaired) electrons. The molecule has 7 heteroatoms. The van der Waals surface area contributed by atoms with E-state index in [0.29, 0.717) is 18.2 Å². The minimum Gasteiger partial charge on any atom is -0.342 e. The van der Waals surface area contributed by atoms with Crippen LogP contribution in [0, 0.1) is 5.82 Å². The molecule has 1 saturated heterocycles. The number of rotatable bonds is 8. The van der Waals surface area contributed by atoms with Crippen molar-refractivity contribution >= 4 is 17.5 Å². The SMILES string of the molecule is CC(=O)N1CCc2cc(C(=O)N(C)CCCCCC3CC(c4cccc(F)c4)NN3)ccc21. The largest absolute Gasteiger partial charge is 0.342 e. The summed E-state index contributed by atoms with van der Waals surface area (Å²) >= 11 is 0. The van der Waals surface area contributed by atoms with Crippen molar-refractivity contribution in [1.29, 1.82) is 0 Å². The van der Waals surface area contributed by atoms with E-state index < -0.39 is 0 Å². The zero-order valence-corrected chi connectivity index (χ0v) is 19.4. The third kappa shape index (κ3) is 5.60. The molecule has 2 atom stereocenters. The molecule has 2 aliphatic rings. The number of unbranched alkanes of at least 4 members (excludes halogenated alkanes) is 2. The van der Waals surface area contributed by atoms with Crippen LogP contribution in [-0.4, -0.2) is 42.9 Å². The Hall–Kier alpha value is -2.77. The van der Waals surface area contributed by atoms with Gasteiger partial charge in [0, 0.05) is 50.4 Å². The third-order valence-corrected chi connectivity index (χ3v) is 6.73. The number of carbonyl (C=O) groups excluding carboxylic acids is 2. The second-order valence-electron chi connectivity index (χ2n) is 9.17. The van der Waals surface area contributed by atoms with Crippen LogP contribution in [0.4, 0.5) is 10.1 Å². The highest BCUT2D eigenvalue weighted by atomic mass is 19.1. The molecule has 0 saturated carbocycles. The summed E-state index contributed by atoms with van der Waals surface area (Å²) in [5, 5.41) is 0. The fourth-order valence-corrected chi connectivity index (χ4v) is 4.85. The fraction of sp³-hybridized carbons (Fsp3) is 0.462. The minimum atomic E-state index is -0.200. The van der Waals surface area contributed by atoms with Crippen LogP contribution in [0.5, 0.6) is 0 Å². The molecule has 33 heavy (non-hydrogen) atoms. The summed E-state index contributed by atoms with van der Waals surface area (Å²) < 4.78 is 13.4. The van der Waals surface area contributed by atoms with Crippen molar-refractivity contribution in [3.8, 4) is 0 Å². The molecule has 2 aromatic rings. The Morgan fingerprint density at radius 2 is 1.97 bits per heavy atom. The number of benzene rings is 2. The molecule has 4 rings (SSSR count). The Labute approximate surface area is 195 Å². The molecular formula is C26H33FN4O2. The van der Waals surface area contributed by atoms with Crippen molar-refractivity contribution in [2.24, 2.45) is 0 Å². The third-order valence-electron chi connectivity index (χ3n) is 6.73. The Bertz CT molecular complexity index is 1010. The standard InChI is InChI=1S/C26H33FN4O2/c1-18(32)31-14-12-20-15-21(10-11-25(20)31)26(33)30(2)13-5-3-4-9-23-17-24(29-28-23)19-7-6-8-22(27)16-19/h6-8,10-11,15-16,23-24,28-29H,3-5,9,12-14,17H2,1-2H3. The first-order chi connectivity index (χ1) is 15.9. The Kier molecular flexibility index (Phi) is 7.40. The second-order valence-corrected chi connectivity index (χ2v) is 9.17. The molecule has 1 fully saturated rings. The highest BCUT2D eigenvalue weighted by Gasteiger charge is 2.25. The fourth-order valence-electron chi connectivity index (χ4n) is 4.85. The van der Waals surface area contributed by atoms with Crippen LogP contribution in [-0.2, 0) is 11.2 Å². The van der Waals surface area contributed by atoms with Gasteiger partial charge in [0.2, 0.25) is 5.91 Å². The van der Waals surface area contributed by atoms with E-state index in [9.17, 15) is 14.0 Å². The maximum Gasteiger partial charge on any atom is 0.253 e. The van der Waals surface area contributed by atoms with Crippen LogP contribution in [0.3, 0.4) is 0 Å². The van der Waals surface area contributed by atoms with Gasteiger partial charge in [-0.3, -0.25) is 20.4 Å². The zero-order chi connectivity index (χ0) is 23.4. The van der Waals surface area contributed by atoms with Crippen LogP contribution >= 0.6 is 0 Å². The maximum atomic E-state index is 13.4. The Morgan fingerprint density at radius 1 is 1.12 bits per heavy atom. The Balaban J connectivity index is 1.17. The number of nitrogens with zero attached hydrogens (tertiary/aromatic N) is 2. The molecule has 0 spiro atoms. The molecular weight excluding hydrogens is 419 g/mol. The first-order valence-corrected chi connectivity index (χ1v) is 11.9. The summed E-state index contributed by atoms with van der Waals surface area (Å²) in [6, 6.07) is 12.9. The van der Waals surface area contributed by atoms with Crippen molar-refractivity contribution in [3.05, 3.63) is 65.0 Å². The van der Waals surface area contributed by atoms with Crippen LogP contribution in [0.1, 0.15) is 66.6 Å². The summed E-state index contributed by atoms with van der Waals surface area (Å²) in [4.78, 5) is 28.1. The summed E-state index contributed by atoms with van der Waals surface area (Å²) in [5.41, 5.74) is 10.3. The van der Waals surface area contributed by atoms with Gasteiger partial charge < -0.3 is 9.80 Å². The molecule has 2 aliphatic heterocycles. The molecule has 2 heterocycles. The van der Waals surface area contributed by atoms with Crippen LogP contribution in [0.2, 0.25) is 0 Å². The lowest BCUT2D eigenvalue weighted by Gasteiger charge is -2.19. The average molecular weight is 453 g/mol. The van der Waals surface area contributed by atoms with Crippen molar-refractivity contribution in [2.75, 3.05) is 25.0 Å². The summed E-state index contributed by atoms with van der Waals surface area (Å²) in [5.74, 6) is -0.133. The number of hydrazine groups is 1. The van der Waals surface area contributed by atoms with Gasteiger partial charge in [0.15, 0.2) is 0 Å². The first-order valence-electron chi connectivity index (χ1n) is 11.9. The molecule has 2 N–H and O–H groups in total. The maximum absolute atomic E-state index is 13.4. The molecule has 176 valence electrons. The van der Waals surface area contributed by atoms with E-state index in [2.05, 4.69) is 10.9 Å². The first kappa shape index (κ1) is 23.4. The van der Waals surface area contributed by atoms with Gasteiger partial charge in [-0.05, 0) is 67.1 Å². The minimum absolute atomic E-state index is 0.0265. The van der Waals surface area contributed by atoms with E-state index >= 15 is 0 Å². The molecule has 2 aromatic carbocycles. The van der Waals surface area contributed by atoms with Crippen LogP contribution in [0.25, 0.3) is 0 Å². The number of fused-ring (bicyclic) bond motifs is 1. The van der Waals surface area contributed by atoms with E-state index in [1.165, 1.54) is 6.07 Å². The average Bonchev–Trinajstić information content (AvgIpc) is 3.45. The highest BCUT2D eigenvalue weighted by molar-refractivity contribution is 5.97. The number of carbonyl (C=O) groups is 2. The predicted octanol–water partition coefficient (Wildman–Crippen LogP) is 3.97. The number of amides is 2. The number of nitrogens with one attached hydrogen (secondary N) is 2. The number of halogens is 1. The van der Waals surface area contributed by atoms with Crippen molar-refractivity contribution in [1.82, 2.24) is 15.8 Å². The van der Waals surface area contributed by atoms with E-state index in [0.717, 1.165) is 61.9 Å². The summed E-state index contributed by atoms with van der Waals surface area (Å²) in [7, 11) is 1.85. The van der Waals surface area contributed by atoms with Gasteiger partial charge in [0.25, 0.3) is 5.91 Å². The quantitative estimate of drug-likeness (QED) is 0.595. The highest BCUT2D eigenvalue weighted by Crippen LogP contribution is 2.29. The summed E-state index contributed by atoms with van der Waals surface area (Å²) in [6.07, 6.45) is 5.88. The monoisotopic (exact) mass is 452 g/mol. The molecule has 6 nitrogen and oxygen atoms in total. The second kappa shape index (κ2) is 10.4. The Morgan fingerprint density at radius 3 is 2.76 bits per heavy atom.